The van der Waals surface area contributed by atoms with Gasteiger partial charge in [0.25, 0.3) is 0 Å². The number of nitrogens with one attached hydrogen (secondary N) is 1. The van der Waals surface area contributed by atoms with Crippen molar-refractivity contribution in [1.82, 2.24) is 4.98 Å². The molecule has 1 heterocycles. The molecule has 1 atom stereocenters. The fourth-order valence-electron chi connectivity index (χ4n) is 2.39. The monoisotopic (exact) mass is 276 g/mol. The Hall–Kier alpha value is -1.39. The first-order valence-corrected chi connectivity index (χ1v) is 7.60. The minimum Gasteiger partial charge on any atom is -0.772 e. The summed E-state index contributed by atoms with van der Waals surface area (Å²) in [5.41, 5.74) is 6.31. The van der Waals surface area contributed by atoms with Gasteiger partial charge < -0.3 is 9.54 Å². The van der Waals surface area contributed by atoms with Gasteiger partial charge in [-0.3, -0.25) is 4.21 Å². The second-order valence-electron chi connectivity index (χ2n) is 4.81. The largest absolute Gasteiger partial charge is 0.772 e. The van der Waals surface area contributed by atoms with Crippen LogP contribution in [0.4, 0.5) is 0 Å². The van der Waals surface area contributed by atoms with Crippen molar-refractivity contribution in [1.29, 1.82) is 0 Å². The Labute approximate surface area is 116 Å². The second kappa shape index (κ2) is 5.72. The van der Waals surface area contributed by atoms with Crippen LogP contribution in [0.1, 0.15) is 29.3 Å². The molecular weight excluding hydrogens is 258 g/mol. The predicted molar refractivity (Wildman–Crippen MR) is 77.7 cm³/mol. The lowest BCUT2D eigenvalue weighted by molar-refractivity contribution is 0.536. The zero-order valence-corrected chi connectivity index (χ0v) is 12.3. The molecule has 3 nitrogen and oxygen atoms in total. The van der Waals surface area contributed by atoms with Crippen LogP contribution in [0.2, 0.25) is 0 Å². The molecule has 0 spiro atoms. The first kappa shape index (κ1) is 14.0. The Balaban J connectivity index is 2.55. The van der Waals surface area contributed by atoms with Crippen LogP contribution in [0, 0.1) is 13.8 Å². The quantitative estimate of drug-likeness (QED) is 0.872. The van der Waals surface area contributed by atoms with Gasteiger partial charge in [0.15, 0.2) is 0 Å². The molecule has 2 aromatic rings. The molecule has 1 N–H and O–H groups in total. The first-order chi connectivity index (χ1) is 9.01. The Kier molecular flexibility index (Phi) is 4.22. The van der Waals surface area contributed by atoms with Gasteiger partial charge in [0.2, 0.25) is 0 Å². The van der Waals surface area contributed by atoms with Crippen LogP contribution in [0.25, 0.3) is 11.3 Å². The summed E-state index contributed by atoms with van der Waals surface area (Å²) < 4.78 is 21.9. The molecule has 1 aromatic carbocycles. The SMILES string of the molecule is CCc1cc(C)ccc1-c1[nH]c(C)cc1CS(=O)[O-]. The van der Waals surface area contributed by atoms with E-state index in [4.69, 9.17) is 0 Å². The number of aryl methyl sites for hydroxylation is 3. The van der Waals surface area contributed by atoms with E-state index in [9.17, 15) is 8.76 Å². The number of H-pyrrole nitrogens is 1. The number of hydrogen-bond donors (Lipinski definition) is 1. The molecular formula is C15H18NO2S-. The summed E-state index contributed by atoms with van der Waals surface area (Å²) in [5, 5.41) is 0. The highest BCUT2D eigenvalue weighted by atomic mass is 32.2. The van der Waals surface area contributed by atoms with Crippen molar-refractivity contribution < 1.29 is 8.76 Å². The minimum atomic E-state index is -2.07. The van der Waals surface area contributed by atoms with Crippen molar-refractivity contribution in [2.45, 2.75) is 32.9 Å². The van der Waals surface area contributed by atoms with Gasteiger partial charge in [0, 0.05) is 22.7 Å². The van der Waals surface area contributed by atoms with Crippen molar-refractivity contribution in [2.75, 3.05) is 0 Å². The van der Waals surface area contributed by atoms with Gasteiger partial charge in [-0.2, -0.15) is 0 Å². The number of aromatic nitrogens is 1. The van der Waals surface area contributed by atoms with E-state index in [1.807, 2.05) is 13.0 Å². The maximum Gasteiger partial charge on any atom is 0.0500 e. The molecule has 0 saturated heterocycles. The third kappa shape index (κ3) is 3.14. The van der Waals surface area contributed by atoms with E-state index in [1.54, 1.807) is 0 Å². The predicted octanol–water partition coefficient (Wildman–Crippen LogP) is 3.24. The molecule has 2 rings (SSSR count). The second-order valence-corrected chi connectivity index (χ2v) is 5.71. The van der Waals surface area contributed by atoms with Crippen LogP contribution in [0.5, 0.6) is 0 Å². The first-order valence-electron chi connectivity index (χ1n) is 6.35. The molecule has 0 aliphatic rings. The van der Waals surface area contributed by atoms with E-state index < -0.39 is 11.1 Å². The van der Waals surface area contributed by atoms with Crippen molar-refractivity contribution in [3.8, 4) is 11.3 Å². The Morgan fingerprint density at radius 3 is 2.58 bits per heavy atom. The summed E-state index contributed by atoms with van der Waals surface area (Å²) in [5.74, 6) is 0.0523. The zero-order chi connectivity index (χ0) is 14.0. The standard InChI is InChI=1S/C15H19NO2S/c1-4-12-7-10(2)5-6-14(12)15-13(9-19(17)18)8-11(3)16-15/h5-8,16H,4,9H2,1-3H3,(H,17,18)/p-1. The smallest absolute Gasteiger partial charge is 0.0500 e. The lowest BCUT2D eigenvalue weighted by Crippen LogP contribution is -1.96. The summed E-state index contributed by atoms with van der Waals surface area (Å²) in [6.07, 6.45) is 0.926. The third-order valence-electron chi connectivity index (χ3n) is 3.22. The molecule has 0 bridgehead atoms. The van der Waals surface area contributed by atoms with Crippen molar-refractivity contribution in [3.05, 3.63) is 46.6 Å². The molecule has 19 heavy (non-hydrogen) atoms. The molecule has 0 fully saturated rings. The van der Waals surface area contributed by atoms with Crippen LogP contribution in [-0.2, 0) is 23.3 Å². The van der Waals surface area contributed by atoms with Gasteiger partial charge in [-0.1, -0.05) is 41.8 Å². The van der Waals surface area contributed by atoms with Crippen LogP contribution < -0.4 is 0 Å². The van der Waals surface area contributed by atoms with Gasteiger partial charge in [-0.05, 0) is 37.5 Å². The van der Waals surface area contributed by atoms with E-state index >= 15 is 0 Å². The number of benzene rings is 1. The highest BCUT2D eigenvalue weighted by Gasteiger charge is 2.12. The van der Waals surface area contributed by atoms with E-state index in [2.05, 4.69) is 37.0 Å². The lowest BCUT2D eigenvalue weighted by atomic mass is 9.98. The normalized spacial score (nSPS) is 12.6. The van der Waals surface area contributed by atoms with Gasteiger partial charge >= 0.3 is 0 Å². The highest BCUT2D eigenvalue weighted by molar-refractivity contribution is 7.78. The summed E-state index contributed by atoms with van der Waals surface area (Å²) in [7, 11) is 0. The maximum atomic E-state index is 11.0. The van der Waals surface area contributed by atoms with Crippen molar-refractivity contribution >= 4 is 11.1 Å². The molecule has 4 heteroatoms. The molecule has 102 valence electrons. The van der Waals surface area contributed by atoms with E-state index in [0.717, 1.165) is 28.9 Å². The van der Waals surface area contributed by atoms with Crippen molar-refractivity contribution in [3.63, 3.8) is 0 Å². The minimum absolute atomic E-state index is 0.0523. The third-order valence-corrected chi connectivity index (χ3v) is 3.77. The average molecular weight is 276 g/mol. The molecule has 0 aliphatic carbocycles. The molecule has 0 aliphatic heterocycles. The Bertz CT molecular complexity index is 617. The van der Waals surface area contributed by atoms with E-state index in [-0.39, 0.29) is 5.75 Å². The van der Waals surface area contributed by atoms with Crippen LogP contribution in [0.15, 0.2) is 24.3 Å². The van der Waals surface area contributed by atoms with Crippen molar-refractivity contribution in [2.24, 2.45) is 0 Å². The van der Waals surface area contributed by atoms with Gasteiger partial charge in [-0.15, -0.1) is 0 Å². The summed E-state index contributed by atoms with van der Waals surface area (Å²) in [6, 6.07) is 8.19. The number of aromatic amines is 1. The zero-order valence-electron chi connectivity index (χ0n) is 11.4. The van der Waals surface area contributed by atoms with Crippen LogP contribution >= 0.6 is 0 Å². The molecule has 0 amide bonds. The number of rotatable bonds is 4. The van der Waals surface area contributed by atoms with Gasteiger partial charge in [0.1, 0.15) is 0 Å². The van der Waals surface area contributed by atoms with E-state index in [1.165, 1.54) is 11.1 Å². The van der Waals surface area contributed by atoms with Gasteiger partial charge in [0.05, 0.1) is 0 Å². The maximum absolute atomic E-state index is 11.0. The van der Waals surface area contributed by atoms with Crippen LogP contribution in [0.3, 0.4) is 0 Å². The van der Waals surface area contributed by atoms with E-state index in [0.29, 0.717) is 0 Å². The summed E-state index contributed by atoms with van der Waals surface area (Å²) in [6.45, 7) is 6.12. The molecule has 1 aromatic heterocycles. The average Bonchev–Trinajstić information content (AvgIpc) is 2.69. The Morgan fingerprint density at radius 1 is 1.21 bits per heavy atom. The molecule has 0 saturated carbocycles. The summed E-state index contributed by atoms with van der Waals surface area (Å²) in [4.78, 5) is 3.29. The topological polar surface area (TPSA) is 55.9 Å². The fourth-order valence-corrected chi connectivity index (χ4v) is 2.87. The molecule has 1 unspecified atom stereocenters. The lowest BCUT2D eigenvalue weighted by Gasteiger charge is -2.11. The Morgan fingerprint density at radius 2 is 1.95 bits per heavy atom. The fraction of sp³-hybridized carbons (Fsp3) is 0.333. The highest BCUT2D eigenvalue weighted by Crippen LogP contribution is 2.29. The van der Waals surface area contributed by atoms with Crippen LogP contribution in [-0.4, -0.2) is 13.7 Å². The molecule has 0 radical (unpaired) electrons. The summed E-state index contributed by atoms with van der Waals surface area (Å²) >= 11 is -2.07. The van der Waals surface area contributed by atoms with Gasteiger partial charge in [-0.25, -0.2) is 0 Å². The number of hydrogen-bond acceptors (Lipinski definition) is 2.